The first-order chi connectivity index (χ1) is 5.49. The average molecular weight is 168 g/mol. The van der Waals surface area contributed by atoms with Crippen LogP contribution in [0.3, 0.4) is 0 Å². The van der Waals surface area contributed by atoms with Crippen molar-refractivity contribution in [3.05, 3.63) is 0 Å². The molecule has 12 heavy (non-hydrogen) atoms. The smallest absolute Gasteiger partial charge is 0.331 e. The zero-order valence-electron chi connectivity index (χ0n) is 7.51. The molecule has 0 radical (unpaired) electrons. The summed E-state index contributed by atoms with van der Waals surface area (Å²) < 4.78 is 4.66. The number of carbonyl (C=O) groups is 2. The molecule has 0 aliphatic rings. The summed E-state index contributed by atoms with van der Waals surface area (Å²) in [6, 6.07) is 0. The van der Waals surface area contributed by atoms with Crippen LogP contribution in [0, 0.1) is 17.8 Å². The first-order valence-corrected chi connectivity index (χ1v) is 3.65. The van der Waals surface area contributed by atoms with Gasteiger partial charge >= 0.3 is 5.97 Å². The summed E-state index contributed by atoms with van der Waals surface area (Å²) in [6.07, 6.45) is 5.07. The van der Waals surface area contributed by atoms with E-state index in [9.17, 15) is 9.59 Å². The van der Waals surface area contributed by atoms with E-state index in [-0.39, 0.29) is 12.4 Å². The monoisotopic (exact) mass is 168 g/mol. The molecule has 0 saturated heterocycles. The Kier molecular flexibility index (Phi) is 3.49. The molecule has 0 aliphatic carbocycles. The minimum atomic E-state index is -1.42. The lowest BCUT2D eigenvalue weighted by Crippen LogP contribution is -2.35. The molecule has 0 aliphatic heterocycles. The van der Waals surface area contributed by atoms with Crippen LogP contribution in [0.5, 0.6) is 0 Å². The van der Waals surface area contributed by atoms with Crippen LogP contribution >= 0.6 is 0 Å². The largest absolute Gasteiger partial charge is 0.465 e. The van der Waals surface area contributed by atoms with Crippen LogP contribution in [-0.4, -0.2) is 18.4 Å². The number of carbonyl (C=O) groups excluding carboxylic acids is 2. The molecule has 0 aromatic carbocycles. The molecule has 0 N–H and O–H groups in total. The molecule has 0 bridgehead atoms. The highest BCUT2D eigenvalue weighted by Gasteiger charge is 2.37. The summed E-state index contributed by atoms with van der Waals surface area (Å²) in [7, 11) is 0. The number of hydrogen-bond acceptors (Lipinski definition) is 3. The maximum absolute atomic E-state index is 11.2. The van der Waals surface area contributed by atoms with E-state index in [0.29, 0.717) is 0 Å². The molecule has 1 atom stereocenters. The average Bonchev–Trinajstić information content (AvgIpc) is 2.03. The fourth-order valence-corrected chi connectivity index (χ4v) is 0.580. The molecular weight excluding hydrogens is 156 g/mol. The van der Waals surface area contributed by atoms with Gasteiger partial charge in [0.2, 0.25) is 0 Å². The number of Topliss-reactive ketones (excluding diaryl/α,β-unsaturated/α-hetero) is 1. The molecule has 0 amide bonds. The van der Waals surface area contributed by atoms with Gasteiger partial charge in [-0.3, -0.25) is 4.79 Å². The number of ether oxygens (including phenoxy) is 1. The maximum atomic E-state index is 11.2. The van der Waals surface area contributed by atoms with Gasteiger partial charge in [0.15, 0.2) is 11.2 Å². The van der Waals surface area contributed by atoms with E-state index in [0.717, 1.165) is 0 Å². The summed E-state index contributed by atoms with van der Waals surface area (Å²) in [5.74, 6) is 1.11. The van der Waals surface area contributed by atoms with Crippen molar-refractivity contribution in [3.63, 3.8) is 0 Å². The lowest BCUT2D eigenvalue weighted by atomic mass is 9.88. The van der Waals surface area contributed by atoms with Crippen LogP contribution in [0.2, 0.25) is 0 Å². The normalized spacial score (nSPS) is 14.2. The first-order valence-electron chi connectivity index (χ1n) is 3.65. The number of terminal acetylenes is 1. The van der Waals surface area contributed by atoms with E-state index in [1.54, 1.807) is 6.92 Å². The highest BCUT2D eigenvalue weighted by Crippen LogP contribution is 2.18. The molecule has 0 saturated carbocycles. The minimum Gasteiger partial charge on any atom is -0.465 e. The van der Waals surface area contributed by atoms with Gasteiger partial charge in [-0.15, -0.1) is 6.42 Å². The molecule has 0 heterocycles. The standard InChI is InChI=1S/C9H12O3/c1-5-9(4,7(3)10)8(11)12-6-2/h1H,6H2,2-4H3. The van der Waals surface area contributed by atoms with Crippen molar-refractivity contribution in [2.24, 2.45) is 5.41 Å². The number of ketones is 1. The van der Waals surface area contributed by atoms with Crippen molar-refractivity contribution in [3.8, 4) is 12.3 Å². The second kappa shape index (κ2) is 3.91. The molecule has 66 valence electrons. The van der Waals surface area contributed by atoms with Gasteiger partial charge in [-0.05, 0) is 20.8 Å². The van der Waals surface area contributed by atoms with E-state index < -0.39 is 11.4 Å². The topological polar surface area (TPSA) is 43.4 Å². The van der Waals surface area contributed by atoms with Gasteiger partial charge in [0.05, 0.1) is 6.61 Å². The fraction of sp³-hybridized carbons (Fsp3) is 0.556. The molecule has 0 aromatic heterocycles. The summed E-state index contributed by atoms with van der Waals surface area (Å²) >= 11 is 0. The quantitative estimate of drug-likeness (QED) is 0.355. The van der Waals surface area contributed by atoms with Crippen LogP contribution in [-0.2, 0) is 14.3 Å². The predicted octanol–water partition coefficient (Wildman–Crippen LogP) is 0.778. The van der Waals surface area contributed by atoms with E-state index >= 15 is 0 Å². The Morgan fingerprint density at radius 1 is 1.58 bits per heavy atom. The van der Waals surface area contributed by atoms with Gasteiger partial charge in [0.1, 0.15) is 0 Å². The predicted molar refractivity (Wildman–Crippen MR) is 44.3 cm³/mol. The van der Waals surface area contributed by atoms with Crippen LogP contribution in [0.25, 0.3) is 0 Å². The Labute approximate surface area is 72.1 Å². The van der Waals surface area contributed by atoms with Crippen LogP contribution in [0.1, 0.15) is 20.8 Å². The van der Waals surface area contributed by atoms with E-state index in [2.05, 4.69) is 10.7 Å². The van der Waals surface area contributed by atoms with Crippen molar-refractivity contribution < 1.29 is 14.3 Å². The van der Waals surface area contributed by atoms with Crippen LogP contribution in [0.15, 0.2) is 0 Å². The van der Waals surface area contributed by atoms with Gasteiger partial charge in [-0.2, -0.15) is 0 Å². The van der Waals surface area contributed by atoms with Crippen molar-refractivity contribution >= 4 is 11.8 Å². The van der Waals surface area contributed by atoms with Gasteiger partial charge < -0.3 is 4.74 Å². The lowest BCUT2D eigenvalue weighted by Gasteiger charge is -2.17. The Bertz CT molecular complexity index is 237. The second-order valence-electron chi connectivity index (χ2n) is 2.55. The van der Waals surface area contributed by atoms with Gasteiger partial charge in [0.25, 0.3) is 0 Å². The van der Waals surface area contributed by atoms with Crippen molar-refractivity contribution in [2.75, 3.05) is 6.61 Å². The third kappa shape index (κ3) is 1.85. The molecule has 0 rings (SSSR count). The van der Waals surface area contributed by atoms with Crippen molar-refractivity contribution in [1.82, 2.24) is 0 Å². The van der Waals surface area contributed by atoms with Crippen molar-refractivity contribution in [1.29, 1.82) is 0 Å². The second-order valence-corrected chi connectivity index (χ2v) is 2.55. The fourth-order valence-electron chi connectivity index (χ4n) is 0.580. The Hall–Kier alpha value is -1.30. The molecule has 3 heteroatoms. The zero-order chi connectivity index (χ0) is 9.78. The molecule has 0 aromatic rings. The van der Waals surface area contributed by atoms with Crippen LogP contribution in [0.4, 0.5) is 0 Å². The SMILES string of the molecule is C#CC(C)(C(C)=O)C(=O)OCC. The van der Waals surface area contributed by atoms with Gasteiger partial charge in [-0.25, -0.2) is 4.79 Å². The number of rotatable bonds is 3. The number of esters is 1. The Morgan fingerprint density at radius 3 is 2.33 bits per heavy atom. The Balaban J connectivity index is 4.67. The third-order valence-electron chi connectivity index (χ3n) is 1.68. The molecule has 3 nitrogen and oxygen atoms in total. The first kappa shape index (κ1) is 10.7. The number of hydrogen-bond donors (Lipinski definition) is 0. The van der Waals surface area contributed by atoms with E-state index in [1.807, 2.05) is 0 Å². The highest BCUT2D eigenvalue weighted by atomic mass is 16.5. The van der Waals surface area contributed by atoms with Gasteiger partial charge in [0, 0.05) is 0 Å². The Morgan fingerprint density at radius 2 is 2.08 bits per heavy atom. The molecule has 0 spiro atoms. The van der Waals surface area contributed by atoms with Crippen LogP contribution < -0.4 is 0 Å². The molecular formula is C9H12O3. The van der Waals surface area contributed by atoms with E-state index in [4.69, 9.17) is 6.42 Å². The summed E-state index contributed by atoms with van der Waals surface area (Å²) in [4.78, 5) is 22.1. The lowest BCUT2D eigenvalue weighted by molar-refractivity contribution is -0.154. The van der Waals surface area contributed by atoms with Gasteiger partial charge in [-0.1, -0.05) is 5.92 Å². The summed E-state index contributed by atoms with van der Waals surface area (Å²) in [5.41, 5.74) is -1.42. The highest BCUT2D eigenvalue weighted by molar-refractivity contribution is 6.05. The molecule has 0 fully saturated rings. The maximum Gasteiger partial charge on any atom is 0.331 e. The van der Waals surface area contributed by atoms with Crippen molar-refractivity contribution in [2.45, 2.75) is 20.8 Å². The third-order valence-corrected chi connectivity index (χ3v) is 1.68. The molecule has 1 unspecified atom stereocenters. The minimum absolute atomic E-state index is 0.226. The summed E-state index contributed by atoms with van der Waals surface area (Å²) in [6.45, 7) is 4.54. The van der Waals surface area contributed by atoms with E-state index in [1.165, 1.54) is 13.8 Å². The zero-order valence-corrected chi connectivity index (χ0v) is 7.51. The summed E-state index contributed by atoms with van der Waals surface area (Å²) in [5, 5.41) is 0.